The molecule has 0 amide bonds. The molecule has 0 heterocycles. The molecule has 18 heavy (non-hydrogen) atoms. The number of hydrogen-bond acceptors (Lipinski definition) is 9. The molecule has 0 atom stereocenters. The summed E-state index contributed by atoms with van der Waals surface area (Å²) in [7, 11) is 0. The van der Waals surface area contributed by atoms with Crippen molar-refractivity contribution in [3.8, 4) is 0 Å². The van der Waals surface area contributed by atoms with Gasteiger partial charge in [-0.05, 0) is 0 Å². The summed E-state index contributed by atoms with van der Waals surface area (Å²) in [4.78, 5) is 0. The fraction of sp³-hybridized carbons (Fsp3) is 0. The molecule has 0 aromatic rings. The van der Waals surface area contributed by atoms with Crippen molar-refractivity contribution in [3.63, 3.8) is 0 Å². The van der Waals surface area contributed by atoms with Crippen molar-refractivity contribution in [3.05, 3.63) is 0 Å². The molecular weight excluding hydrogens is 522 g/mol. The minimum atomic E-state index is -4.08. The van der Waals surface area contributed by atoms with Crippen LogP contribution in [0.3, 0.4) is 0 Å². The van der Waals surface area contributed by atoms with Gasteiger partial charge in [-0.25, -0.2) is 0 Å². The fourth-order valence-corrected chi connectivity index (χ4v) is 0. The van der Waals surface area contributed by atoms with E-state index < -0.39 is 55.8 Å². The first-order valence-corrected chi connectivity index (χ1v) is 7.57. The predicted molar refractivity (Wildman–Crippen MR) is 2.06 cm³/mol. The second kappa shape index (κ2) is 51.1. The maximum absolute atomic E-state index is 8.58. The van der Waals surface area contributed by atoms with Crippen LogP contribution in [0.2, 0.25) is 0 Å². The first-order valence-electron chi connectivity index (χ1n) is 1.84. The van der Waals surface area contributed by atoms with Crippen molar-refractivity contribution in [1.82, 2.24) is 0 Å². The maximum atomic E-state index is 8.58. The second-order valence-corrected chi connectivity index (χ2v) is 3.09. The summed E-state index contributed by atoms with van der Waals surface area (Å²) in [5.74, 6) is 0. The van der Waals surface area contributed by atoms with Gasteiger partial charge in [-0.1, -0.05) is 0 Å². The molecule has 0 bridgehead atoms. The van der Waals surface area contributed by atoms with Crippen LogP contribution in [0.15, 0.2) is 0 Å². The third kappa shape index (κ3) is 150. The van der Waals surface area contributed by atoms with E-state index >= 15 is 0 Å². The molecule has 0 aromatic carbocycles. The van der Waals surface area contributed by atoms with E-state index in [2.05, 4.69) is 0 Å². The van der Waals surface area contributed by atoms with Crippen molar-refractivity contribution in [2.75, 3.05) is 0 Å². The first-order chi connectivity index (χ1) is 5.20. The zero-order chi connectivity index (χ0) is 10.7. The quantitative estimate of drug-likeness (QED) is 0.278. The standard InChI is InChI=1S/6K.9O.3Ti/q6*+1;;;;6*-1;;;. The van der Waals surface area contributed by atoms with Gasteiger partial charge >= 0.3 is 396 Å². The molecule has 0 unspecified atom stereocenters. The average Bonchev–Trinajstić information content (AvgIpc) is 1.54. The van der Waals surface area contributed by atoms with Gasteiger partial charge in [-0.15, -0.1) is 0 Å². The van der Waals surface area contributed by atoms with Crippen LogP contribution in [-0.4, -0.2) is 0 Å². The molecule has 0 fully saturated rings. The van der Waals surface area contributed by atoms with Crippen LogP contribution < -0.4 is 330 Å². The Bertz CT molecular complexity index is 124. The summed E-state index contributed by atoms with van der Waals surface area (Å²) in [6.45, 7) is 0. The SMILES string of the molecule is [K+].[K+].[K+].[K+].[K+].[K+].[O]=[Ti]([O-])[O-].[O]=[Ti]([O-])[O-].[O]=[Ti]([O-])[O-]. The summed E-state index contributed by atoms with van der Waals surface area (Å²) < 4.78 is 77.2. The number of rotatable bonds is 0. The van der Waals surface area contributed by atoms with Crippen LogP contribution in [0.25, 0.3) is 0 Å². The summed E-state index contributed by atoms with van der Waals surface area (Å²) in [5.41, 5.74) is 0. The van der Waals surface area contributed by atoms with Crippen LogP contribution in [-0.2, 0) is 65.8 Å². The van der Waals surface area contributed by atoms with Gasteiger partial charge < -0.3 is 0 Å². The van der Waals surface area contributed by atoms with E-state index in [0.717, 1.165) is 0 Å². The van der Waals surface area contributed by atoms with E-state index in [1.165, 1.54) is 0 Å². The Morgan fingerprint density at radius 3 is 0.389 bits per heavy atom. The summed E-state index contributed by atoms with van der Waals surface area (Å²) in [6, 6.07) is 0. The predicted octanol–water partition coefficient (Wildman–Crippen LogP) is -25.5. The van der Waals surface area contributed by atoms with Gasteiger partial charge in [0.1, 0.15) is 0 Å². The monoisotopic (exact) mass is 522 g/mol. The second-order valence-electron chi connectivity index (χ2n) is 0.750. The molecule has 0 aliphatic heterocycles. The molecule has 0 aromatic heterocycles. The zero-order valence-corrected chi connectivity index (χ0v) is 34.6. The Hall–Kier alpha value is 11.1. The Morgan fingerprint density at radius 1 is 0.389 bits per heavy atom. The van der Waals surface area contributed by atoms with Crippen LogP contribution in [0.4, 0.5) is 0 Å². The molecule has 72 valence electrons. The molecular formula is K6O9Ti3. The van der Waals surface area contributed by atoms with E-state index in [0.29, 0.717) is 0 Å². The fourth-order valence-electron chi connectivity index (χ4n) is 0. The van der Waals surface area contributed by atoms with Gasteiger partial charge in [0, 0.05) is 0 Å². The van der Waals surface area contributed by atoms with Crippen molar-refractivity contribution in [1.29, 1.82) is 0 Å². The Balaban J connectivity index is -0.00000000827. The van der Waals surface area contributed by atoms with E-state index in [1.54, 1.807) is 0 Å². The van der Waals surface area contributed by atoms with E-state index in [4.69, 9.17) is 32.1 Å². The topological polar surface area (TPSA) is 190 Å². The third-order valence-corrected chi connectivity index (χ3v) is 0. The summed E-state index contributed by atoms with van der Waals surface area (Å²) >= 11 is -12.2. The molecule has 0 saturated heterocycles. The molecule has 9 nitrogen and oxygen atoms in total. The van der Waals surface area contributed by atoms with Crippen molar-refractivity contribution < 1.29 is 396 Å². The number of hydrogen-bond donors (Lipinski definition) is 0. The van der Waals surface area contributed by atoms with Crippen molar-refractivity contribution in [2.45, 2.75) is 0 Å². The first kappa shape index (κ1) is 56.9. The summed E-state index contributed by atoms with van der Waals surface area (Å²) in [5, 5.41) is 0. The van der Waals surface area contributed by atoms with Crippen LogP contribution in [0.1, 0.15) is 0 Å². The zero-order valence-electron chi connectivity index (χ0n) is 11.2. The normalized spacial score (nSPS) is 4.33. The Morgan fingerprint density at radius 2 is 0.389 bits per heavy atom. The molecule has 18 heteroatoms. The third-order valence-electron chi connectivity index (χ3n) is 0. The van der Waals surface area contributed by atoms with Crippen molar-refractivity contribution in [2.24, 2.45) is 0 Å². The molecule has 0 aliphatic carbocycles. The van der Waals surface area contributed by atoms with Gasteiger partial charge in [0.05, 0.1) is 0 Å². The van der Waals surface area contributed by atoms with Gasteiger partial charge in [0.25, 0.3) is 0 Å². The van der Waals surface area contributed by atoms with Gasteiger partial charge in [0.15, 0.2) is 0 Å². The molecule has 0 radical (unpaired) electrons. The Kier molecular flexibility index (Phi) is 161. The van der Waals surface area contributed by atoms with Gasteiger partial charge in [0.2, 0.25) is 0 Å². The van der Waals surface area contributed by atoms with Crippen LogP contribution in [0, 0.1) is 0 Å². The van der Waals surface area contributed by atoms with E-state index in [-0.39, 0.29) is 308 Å². The molecule has 0 N–H and O–H groups in total. The minimum absolute atomic E-state index is 0. The average molecular weight is 522 g/mol. The van der Waals surface area contributed by atoms with E-state index in [9.17, 15) is 0 Å². The molecule has 0 spiro atoms. The summed E-state index contributed by atoms with van der Waals surface area (Å²) in [6.07, 6.45) is 0. The van der Waals surface area contributed by atoms with Crippen molar-refractivity contribution >= 4 is 0 Å². The molecule has 0 aliphatic rings. The van der Waals surface area contributed by atoms with Gasteiger partial charge in [-0.3, -0.25) is 0 Å². The van der Waals surface area contributed by atoms with Crippen LogP contribution in [0.5, 0.6) is 0 Å². The van der Waals surface area contributed by atoms with Crippen LogP contribution >= 0.6 is 0 Å². The van der Waals surface area contributed by atoms with Gasteiger partial charge in [-0.2, -0.15) is 0 Å². The Labute approximate surface area is 381 Å². The van der Waals surface area contributed by atoms with E-state index in [1.807, 2.05) is 0 Å². The molecule has 0 saturated carbocycles. The molecule has 0 rings (SSSR count).